The van der Waals surface area contributed by atoms with Crippen LogP contribution >= 0.6 is 22.6 Å². The maximum Gasteiger partial charge on any atom is 0.269 e. The first-order valence-electron chi connectivity index (χ1n) is 5.10. The Kier molecular flexibility index (Phi) is 3.74. The summed E-state index contributed by atoms with van der Waals surface area (Å²) in [5, 5.41) is 4.01. The van der Waals surface area contributed by atoms with E-state index in [-0.39, 0.29) is 12.3 Å². The Morgan fingerprint density at radius 2 is 2.27 bits per heavy atom. The van der Waals surface area contributed by atoms with Gasteiger partial charge in [0, 0.05) is 9.64 Å². The summed E-state index contributed by atoms with van der Waals surface area (Å²) in [7, 11) is 0. The monoisotopic (exact) mass is 320 g/mol. The van der Waals surface area contributed by atoms with Crippen LogP contribution in [0.5, 0.6) is 0 Å². The lowest BCUT2D eigenvalue weighted by Gasteiger charge is -2.11. The summed E-state index contributed by atoms with van der Waals surface area (Å²) < 4.78 is 7.83. The topological polar surface area (TPSA) is 44.1 Å². The number of rotatable bonds is 3. The molecular formula is C10H13IN2O2. The molecule has 1 aliphatic rings. The van der Waals surface area contributed by atoms with Crippen LogP contribution in [0.1, 0.15) is 25.7 Å². The number of aromatic nitrogens is 2. The predicted octanol–water partition coefficient (Wildman–Crippen LogP) is 1.76. The van der Waals surface area contributed by atoms with Crippen LogP contribution in [0.4, 0.5) is 0 Å². The van der Waals surface area contributed by atoms with Crippen molar-refractivity contribution in [3.8, 4) is 0 Å². The Bertz CT molecular complexity index is 385. The molecule has 0 aliphatic heterocycles. The second-order valence-electron chi connectivity index (χ2n) is 3.71. The maximum atomic E-state index is 11.5. The lowest BCUT2D eigenvalue weighted by atomic mass is 10.3. The van der Waals surface area contributed by atoms with E-state index in [9.17, 15) is 4.79 Å². The van der Waals surface area contributed by atoms with Crippen LogP contribution in [0.2, 0.25) is 0 Å². The molecule has 0 radical (unpaired) electrons. The van der Waals surface area contributed by atoms with Gasteiger partial charge in [-0.1, -0.05) is 12.8 Å². The van der Waals surface area contributed by atoms with Crippen LogP contribution in [-0.2, 0) is 11.5 Å². The standard InChI is InChI=1S/C10H13IN2O2/c11-8-5-10(14)13(12-6-8)7-15-9-3-1-2-4-9/h5-6,9H,1-4,7H2. The zero-order valence-corrected chi connectivity index (χ0v) is 10.5. The van der Waals surface area contributed by atoms with Crippen molar-refractivity contribution in [1.29, 1.82) is 0 Å². The van der Waals surface area contributed by atoms with Gasteiger partial charge in [-0.05, 0) is 35.4 Å². The van der Waals surface area contributed by atoms with Crippen molar-refractivity contribution in [3.05, 3.63) is 26.2 Å². The van der Waals surface area contributed by atoms with Gasteiger partial charge >= 0.3 is 0 Å². The van der Waals surface area contributed by atoms with E-state index < -0.39 is 0 Å². The normalized spacial score (nSPS) is 17.1. The zero-order chi connectivity index (χ0) is 10.7. The van der Waals surface area contributed by atoms with Crippen molar-refractivity contribution in [2.75, 3.05) is 0 Å². The molecule has 1 aromatic rings. The Morgan fingerprint density at radius 1 is 1.53 bits per heavy atom. The zero-order valence-electron chi connectivity index (χ0n) is 8.36. The molecule has 1 aliphatic carbocycles. The van der Waals surface area contributed by atoms with Crippen LogP contribution in [0, 0.1) is 3.57 Å². The Labute approximate surface area is 102 Å². The lowest BCUT2D eigenvalue weighted by molar-refractivity contribution is 0.00297. The summed E-state index contributed by atoms with van der Waals surface area (Å²) in [5.74, 6) is 0. The van der Waals surface area contributed by atoms with Gasteiger partial charge in [-0.3, -0.25) is 4.79 Å². The van der Waals surface area contributed by atoms with Crippen molar-refractivity contribution in [2.45, 2.75) is 38.5 Å². The maximum absolute atomic E-state index is 11.5. The first-order valence-corrected chi connectivity index (χ1v) is 6.18. The van der Waals surface area contributed by atoms with E-state index in [0.717, 1.165) is 16.4 Å². The first-order chi connectivity index (χ1) is 7.25. The highest BCUT2D eigenvalue weighted by atomic mass is 127. The average molecular weight is 320 g/mol. The number of hydrogen-bond donors (Lipinski definition) is 0. The van der Waals surface area contributed by atoms with Crippen molar-refractivity contribution in [2.24, 2.45) is 0 Å². The minimum absolute atomic E-state index is 0.0973. The van der Waals surface area contributed by atoms with Gasteiger partial charge in [-0.25, -0.2) is 4.68 Å². The second-order valence-corrected chi connectivity index (χ2v) is 4.96. The van der Waals surface area contributed by atoms with E-state index in [0.29, 0.717) is 6.10 Å². The SMILES string of the molecule is O=c1cc(I)cnn1COC1CCCC1. The van der Waals surface area contributed by atoms with Gasteiger partial charge < -0.3 is 4.74 Å². The number of ether oxygens (including phenoxy) is 1. The van der Waals surface area contributed by atoms with Crippen LogP contribution in [0.15, 0.2) is 17.1 Å². The molecule has 1 aromatic heterocycles. The largest absolute Gasteiger partial charge is 0.356 e. The average Bonchev–Trinajstić information content (AvgIpc) is 2.69. The van der Waals surface area contributed by atoms with Gasteiger partial charge in [0.05, 0.1) is 12.3 Å². The summed E-state index contributed by atoms with van der Waals surface area (Å²) in [6, 6.07) is 1.56. The highest BCUT2D eigenvalue weighted by molar-refractivity contribution is 14.1. The van der Waals surface area contributed by atoms with Gasteiger partial charge in [0.2, 0.25) is 0 Å². The molecule has 1 heterocycles. The third kappa shape index (κ3) is 3.01. The summed E-state index contributed by atoms with van der Waals surface area (Å²) in [5.41, 5.74) is -0.0973. The fourth-order valence-electron chi connectivity index (χ4n) is 1.74. The molecule has 0 saturated heterocycles. The molecule has 15 heavy (non-hydrogen) atoms. The highest BCUT2D eigenvalue weighted by Gasteiger charge is 2.15. The molecule has 0 N–H and O–H groups in total. The van der Waals surface area contributed by atoms with E-state index in [1.165, 1.54) is 17.5 Å². The van der Waals surface area contributed by atoms with Crippen LogP contribution in [-0.4, -0.2) is 15.9 Å². The van der Waals surface area contributed by atoms with Crippen LogP contribution < -0.4 is 5.56 Å². The number of nitrogens with zero attached hydrogens (tertiary/aromatic N) is 2. The van der Waals surface area contributed by atoms with Crippen LogP contribution in [0.3, 0.4) is 0 Å². The van der Waals surface area contributed by atoms with Crippen molar-refractivity contribution < 1.29 is 4.74 Å². The third-order valence-electron chi connectivity index (χ3n) is 2.57. The number of halogens is 1. The van der Waals surface area contributed by atoms with Gasteiger partial charge in [0.25, 0.3) is 5.56 Å². The Balaban J connectivity index is 1.95. The fourth-order valence-corrected chi connectivity index (χ4v) is 2.13. The van der Waals surface area contributed by atoms with Gasteiger partial charge in [0.1, 0.15) is 6.73 Å². The molecule has 82 valence electrons. The smallest absolute Gasteiger partial charge is 0.269 e. The minimum Gasteiger partial charge on any atom is -0.356 e. The van der Waals surface area contributed by atoms with Crippen molar-refractivity contribution in [1.82, 2.24) is 9.78 Å². The third-order valence-corrected chi connectivity index (χ3v) is 3.16. The Morgan fingerprint density at radius 3 is 2.93 bits per heavy atom. The molecule has 0 spiro atoms. The van der Waals surface area contributed by atoms with Crippen molar-refractivity contribution in [3.63, 3.8) is 0 Å². The van der Waals surface area contributed by atoms with E-state index in [1.807, 2.05) is 0 Å². The summed E-state index contributed by atoms with van der Waals surface area (Å²) in [6.45, 7) is 0.278. The van der Waals surface area contributed by atoms with E-state index in [4.69, 9.17) is 4.74 Å². The quantitative estimate of drug-likeness (QED) is 0.797. The van der Waals surface area contributed by atoms with E-state index in [2.05, 4.69) is 27.7 Å². The van der Waals surface area contributed by atoms with E-state index >= 15 is 0 Å². The molecule has 2 rings (SSSR count). The molecule has 1 saturated carbocycles. The lowest BCUT2D eigenvalue weighted by Crippen LogP contribution is -2.25. The molecular weight excluding hydrogens is 307 g/mol. The summed E-state index contributed by atoms with van der Waals surface area (Å²) in [6.07, 6.45) is 6.68. The predicted molar refractivity (Wildman–Crippen MR) is 64.6 cm³/mol. The van der Waals surface area contributed by atoms with Gasteiger partial charge in [-0.15, -0.1) is 0 Å². The molecule has 1 fully saturated rings. The fraction of sp³-hybridized carbons (Fsp3) is 0.600. The van der Waals surface area contributed by atoms with Gasteiger partial charge in [0.15, 0.2) is 0 Å². The van der Waals surface area contributed by atoms with Gasteiger partial charge in [-0.2, -0.15) is 5.10 Å². The summed E-state index contributed by atoms with van der Waals surface area (Å²) >= 11 is 2.07. The minimum atomic E-state index is -0.0973. The first kappa shape index (κ1) is 11.1. The highest BCUT2D eigenvalue weighted by Crippen LogP contribution is 2.20. The second kappa shape index (κ2) is 5.07. The molecule has 0 aromatic carbocycles. The number of hydrogen-bond acceptors (Lipinski definition) is 3. The molecule has 4 nitrogen and oxygen atoms in total. The molecule has 5 heteroatoms. The molecule has 0 bridgehead atoms. The molecule has 0 amide bonds. The molecule has 0 unspecified atom stereocenters. The van der Waals surface area contributed by atoms with Crippen LogP contribution in [0.25, 0.3) is 0 Å². The van der Waals surface area contributed by atoms with E-state index in [1.54, 1.807) is 12.3 Å². The summed E-state index contributed by atoms with van der Waals surface area (Å²) in [4.78, 5) is 11.5. The molecule has 0 atom stereocenters. The Hall–Kier alpha value is -0.430. The van der Waals surface area contributed by atoms with Crippen molar-refractivity contribution >= 4 is 22.6 Å².